The second-order valence-corrected chi connectivity index (χ2v) is 7.23. The van der Waals surface area contributed by atoms with E-state index in [4.69, 9.17) is 9.72 Å². The summed E-state index contributed by atoms with van der Waals surface area (Å²) in [7, 11) is 0. The molecule has 0 bridgehead atoms. The molecular weight excluding hydrogens is 370 g/mol. The van der Waals surface area contributed by atoms with Gasteiger partial charge in [-0.2, -0.15) is 20.1 Å². The van der Waals surface area contributed by atoms with Crippen LogP contribution in [0.2, 0.25) is 0 Å². The van der Waals surface area contributed by atoms with Crippen molar-refractivity contribution >= 4 is 23.6 Å². The van der Waals surface area contributed by atoms with Gasteiger partial charge in [0.25, 0.3) is 0 Å². The summed E-state index contributed by atoms with van der Waals surface area (Å²) in [5.74, 6) is 1.91. The van der Waals surface area contributed by atoms with Crippen LogP contribution in [0.25, 0.3) is 0 Å². The van der Waals surface area contributed by atoms with E-state index < -0.39 is 0 Å². The van der Waals surface area contributed by atoms with Gasteiger partial charge in [0.15, 0.2) is 0 Å². The number of aromatic nitrogens is 3. The molecule has 29 heavy (non-hydrogen) atoms. The molecule has 9 heteroatoms. The zero-order chi connectivity index (χ0) is 20.1. The van der Waals surface area contributed by atoms with Crippen LogP contribution in [-0.4, -0.2) is 65.2 Å². The van der Waals surface area contributed by atoms with Crippen LogP contribution >= 0.6 is 0 Å². The molecule has 154 valence electrons. The van der Waals surface area contributed by atoms with Crippen LogP contribution < -0.4 is 15.2 Å². The maximum atomic E-state index is 10.0. The van der Waals surface area contributed by atoms with E-state index in [1.165, 1.54) is 6.42 Å². The molecule has 4 rings (SSSR count). The molecule has 0 atom stereocenters. The Balaban J connectivity index is 1.60. The predicted octanol–water partition coefficient (Wildman–Crippen LogP) is 2.24. The number of aromatic hydroxyl groups is 1. The Morgan fingerprint density at radius 3 is 2.31 bits per heavy atom. The first-order chi connectivity index (χ1) is 14.2. The number of nitrogens with one attached hydrogen (secondary N) is 1. The molecule has 0 saturated carbocycles. The normalized spacial score (nSPS) is 18.0. The molecule has 2 N–H and O–H groups in total. The molecule has 0 unspecified atom stereocenters. The number of morpholine rings is 1. The van der Waals surface area contributed by atoms with Crippen LogP contribution in [-0.2, 0) is 4.74 Å². The molecule has 0 aliphatic carbocycles. The van der Waals surface area contributed by atoms with Crippen molar-refractivity contribution < 1.29 is 9.84 Å². The highest BCUT2D eigenvalue weighted by Crippen LogP contribution is 2.21. The highest BCUT2D eigenvalue weighted by atomic mass is 16.5. The highest BCUT2D eigenvalue weighted by molar-refractivity contribution is 6.01. The Morgan fingerprint density at radius 1 is 0.966 bits per heavy atom. The van der Waals surface area contributed by atoms with Crippen LogP contribution in [0.3, 0.4) is 0 Å². The third-order valence-corrected chi connectivity index (χ3v) is 5.16. The van der Waals surface area contributed by atoms with Crippen molar-refractivity contribution in [2.24, 2.45) is 5.10 Å². The number of rotatable bonds is 5. The maximum Gasteiger partial charge on any atom is 0.250 e. The van der Waals surface area contributed by atoms with Gasteiger partial charge < -0.3 is 19.6 Å². The quantitative estimate of drug-likeness (QED) is 0.585. The van der Waals surface area contributed by atoms with Gasteiger partial charge in [-0.1, -0.05) is 12.1 Å². The topological polar surface area (TPSA) is 99.0 Å². The van der Waals surface area contributed by atoms with E-state index in [9.17, 15) is 5.11 Å². The maximum absolute atomic E-state index is 10.0. The van der Waals surface area contributed by atoms with E-state index in [1.807, 2.05) is 19.1 Å². The third-order valence-electron chi connectivity index (χ3n) is 5.16. The van der Waals surface area contributed by atoms with Gasteiger partial charge in [0.05, 0.1) is 18.9 Å². The third kappa shape index (κ3) is 4.73. The average Bonchev–Trinajstić information content (AvgIpc) is 2.79. The first kappa shape index (κ1) is 19.4. The van der Waals surface area contributed by atoms with E-state index in [-0.39, 0.29) is 5.75 Å². The van der Waals surface area contributed by atoms with Gasteiger partial charge in [0, 0.05) is 31.7 Å². The van der Waals surface area contributed by atoms with E-state index in [0.29, 0.717) is 42.3 Å². The van der Waals surface area contributed by atoms with Gasteiger partial charge in [-0.05, 0) is 38.3 Å². The number of piperidine rings is 1. The summed E-state index contributed by atoms with van der Waals surface area (Å²) in [4.78, 5) is 18.2. The fourth-order valence-electron chi connectivity index (χ4n) is 3.52. The summed E-state index contributed by atoms with van der Waals surface area (Å²) in [5, 5.41) is 14.4. The molecule has 2 aromatic rings. The molecule has 3 heterocycles. The van der Waals surface area contributed by atoms with Crippen LogP contribution in [0.5, 0.6) is 5.75 Å². The molecule has 1 aromatic heterocycles. The minimum absolute atomic E-state index is 0.189. The Morgan fingerprint density at radius 2 is 1.62 bits per heavy atom. The number of benzene rings is 1. The summed E-state index contributed by atoms with van der Waals surface area (Å²) in [5.41, 5.74) is 4.27. The first-order valence-corrected chi connectivity index (χ1v) is 10.1. The number of phenolic OH excluding ortho intramolecular Hbond substituents is 1. The van der Waals surface area contributed by atoms with E-state index >= 15 is 0 Å². The number of hydrazone groups is 1. The molecular formula is C20H27N7O2. The summed E-state index contributed by atoms with van der Waals surface area (Å²) >= 11 is 0. The Hall–Kier alpha value is -2.94. The minimum atomic E-state index is 0.189. The highest BCUT2D eigenvalue weighted by Gasteiger charge is 2.20. The summed E-state index contributed by atoms with van der Waals surface area (Å²) in [6.45, 7) is 6.57. The second kappa shape index (κ2) is 9.04. The molecule has 0 radical (unpaired) electrons. The van der Waals surface area contributed by atoms with Crippen LogP contribution in [0, 0.1) is 0 Å². The van der Waals surface area contributed by atoms with Crippen molar-refractivity contribution in [3.05, 3.63) is 29.8 Å². The molecule has 2 aliphatic rings. The number of hydrogen-bond acceptors (Lipinski definition) is 9. The van der Waals surface area contributed by atoms with Gasteiger partial charge in [0.2, 0.25) is 17.8 Å². The van der Waals surface area contributed by atoms with Gasteiger partial charge in [-0.3, -0.25) is 0 Å². The monoisotopic (exact) mass is 397 g/mol. The molecule has 2 aliphatic heterocycles. The predicted molar refractivity (Wildman–Crippen MR) is 113 cm³/mol. The number of anilines is 3. The van der Waals surface area contributed by atoms with Crippen molar-refractivity contribution in [3.8, 4) is 5.75 Å². The molecule has 2 fully saturated rings. The lowest BCUT2D eigenvalue weighted by Gasteiger charge is -2.30. The Bertz CT molecular complexity index is 825. The lowest BCUT2D eigenvalue weighted by molar-refractivity contribution is 0.122. The summed E-state index contributed by atoms with van der Waals surface area (Å²) in [6, 6.07) is 7.11. The SMILES string of the molecule is CC(=NNc1nc(N2CCCCC2)nc(N2CCOCC2)n1)c1ccccc1O. The average molecular weight is 397 g/mol. The van der Waals surface area contributed by atoms with Crippen molar-refractivity contribution in [2.45, 2.75) is 26.2 Å². The van der Waals surface area contributed by atoms with E-state index in [1.54, 1.807) is 12.1 Å². The van der Waals surface area contributed by atoms with E-state index in [2.05, 4.69) is 30.3 Å². The standard InChI is InChI=1S/C20H27N7O2/c1-15(16-7-3-4-8-17(16)28)24-25-18-21-19(26-9-5-2-6-10-26)23-20(22-18)27-11-13-29-14-12-27/h3-4,7-8,28H,2,5-6,9-14H2,1H3,(H,21,22,23,25). The smallest absolute Gasteiger partial charge is 0.250 e. The first-order valence-electron chi connectivity index (χ1n) is 10.1. The van der Waals surface area contributed by atoms with Gasteiger partial charge in [-0.25, -0.2) is 5.43 Å². The number of nitrogens with zero attached hydrogens (tertiary/aromatic N) is 6. The Labute approximate surface area is 170 Å². The number of para-hydroxylation sites is 1. The molecule has 2 saturated heterocycles. The fraction of sp³-hybridized carbons (Fsp3) is 0.500. The minimum Gasteiger partial charge on any atom is -0.507 e. The number of hydrogen-bond donors (Lipinski definition) is 2. The largest absolute Gasteiger partial charge is 0.507 e. The van der Waals surface area contributed by atoms with Crippen LogP contribution in [0.15, 0.2) is 29.4 Å². The van der Waals surface area contributed by atoms with Gasteiger partial charge in [0.1, 0.15) is 5.75 Å². The van der Waals surface area contributed by atoms with Gasteiger partial charge >= 0.3 is 0 Å². The zero-order valence-corrected chi connectivity index (χ0v) is 16.7. The number of phenols is 1. The van der Waals surface area contributed by atoms with Crippen molar-refractivity contribution in [3.63, 3.8) is 0 Å². The van der Waals surface area contributed by atoms with Crippen LogP contribution in [0.4, 0.5) is 17.8 Å². The Kier molecular flexibility index (Phi) is 6.04. The van der Waals surface area contributed by atoms with Crippen molar-refractivity contribution in [2.75, 3.05) is 54.6 Å². The van der Waals surface area contributed by atoms with Crippen molar-refractivity contribution in [1.82, 2.24) is 15.0 Å². The molecule has 0 amide bonds. The zero-order valence-electron chi connectivity index (χ0n) is 16.7. The van der Waals surface area contributed by atoms with Gasteiger partial charge in [-0.15, -0.1) is 0 Å². The lowest BCUT2D eigenvalue weighted by atomic mass is 10.1. The second-order valence-electron chi connectivity index (χ2n) is 7.23. The van der Waals surface area contributed by atoms with E-state index in [0.717, 1.165) is 39.0 Å². The molecule has 9 nitrogen and oxygen atoms in total. The number of ether oxygens (including phenoxy) is 1. The molecule has 1 aromatic carbocycles. The summed E-state index contributed by atoms with van der Waals surface area (Å²) < 4.78 is 5.45. The van der Waals surface area contributed by atoms with Crippen molar-refractivity contribution in [1.29, 1.82) is 0 Å². The van der Waals surface area contributed by atoms with Crippen LogP contribution in [0.1, 0.15) is 31.7 Å². The summed E-state index contributed by atoms with van der Waals surface area (Å²) in [6.07, 6.45) is 3.53. The molecule has 0 spiro atoms. The lowest BCUT2D eigenvalue weighted by Crippen LogP contribution is -2.38. The fourth-order valence-corrected chi connectivity index (χ4v) is 3.52.